The molecule has 1 fully saturated rings. The van der Waals surface area contributed by atoms with E-state index in [0.29, 0.717) is 0 Å². The van der Waals surface area contributed by atoms with Gasteiger partial charge >= 0.3 is 6.03 Å². The van der Waals surface area contributed by atoms with E-state index in [1.54, 1.807) is 0 Å². The van der Waals surface area contributed by atoms with Crippen molar-refractivity contribution in [2.75, 3.05) is 13.6 Å². The Balaban J connectivity index is 2.30. The first-order valence-corrected chi connectivity index (χ1v) is 6.59. The first kappa shape index (κ1) is 12.4. The van der Waals surface area contributed by atoms with Crippen LogP contribution in [0.15, 0.2) is 28.7 Å². The summed E-state index contributed by atoms with van der Waals surface area (Å²) < 4.78 is 1.07. The molecule has 3 nitrogen and oxygen atoms in total. The van der Waals surface area contributed by atoms with Crippen molar-refractivity contribution >= 4 is 22.0 Å². The normalized spacial score (nSPS) is 20.5. The van der Waals surface area contributed by atoms with Gasteiger partial charge in [0.2, 0.25) is 0 Å². The Labute approximate surface area is 111 Å². The first-order valence-electron chi connectivity index (χ1n) is 5.80. The molecule has 1 atom stereocenters. The fraction of sp³-hybridized carbons (Fsp3) is 0.462. The predicted molar refractivity (Wildman–Crippen MR) is 71.9 cm³/mol. The summed E-state index contributed by atoms with van der Waals surface area (Å²) in [6.45, 7) is 4.86. The molecule has 1 aliphatic heterocycles. The molecular formula is C13H17BrN2O. The maximum absolute atomic E-state index is 12.1. The third kappa shape index (κ3) is 2.18. The molecule has 1 aromatic carbocycles. The molecule has 0 N–H and O–H groups in total. The molecule has 2 amide bonds. The highest BCUT2D eigenvalue weighted by atomic mass is 79.9. The second kappa shape index (κ2) is 4.69. The Morgan fingerprint density at radius 1 is 1.35 bits per heavy atom. The van der Waals surface area contributed by atoms with Crippen molar-refractivity contribution in [2.24, 2.45) is 0 Å². The van der Waals surface area contributed by atoms with Crippen molar-refractivity contribution in [3.63, 3.8) is 0 Å². The van der Waals surface area contributed by atoms with Gasteiger partial charge in [0, 0.05) is 24.1 Å². The van der Waals surface area contributed by atoms with Crippen molar-refractivity contribution in [2.45, 2.75) is 25.9 Å². The van der Waals surface area contributed by atoms with Gasteiger partial charge in [-0.2, -0.15) is 0 Å². The van der Waals surface area contributed by atoms with Gasteiger partial charge in [-0.15, -0.1) is 0 Å². The molecule has 1 saturated heterocycles. The largest absolute Gasteiger partial charge is 0.320 e. The van der Waals surface area contributed by atoms with Crippen molar-refractivity contribution < 1.29 is 4.79 Å². The van der Waals surface area contributed by atoms with Crippen molar-refractivity contribution in [3.05, 3.63) is 34.3 Å². The summed E-state index contributed by atoms with van der Waals surface area (Å²) in [4.78, 5) is 15.8. The lowest BCUT2D eigenvalue weighted by Gasteiger charge is -2.19. The maximum Gasteiger partial charge on any atom is 0.320 e. The highest BCUT2D eigenvalue weighted by Gasteiger charge is 2.37. The number of halogens is 1. The van der Waals surface area contributed by atoms with Gasteiger partial charge in [-0.25, -0.2) is 4.79 Å². The monoisotopic (exact) mass is 296 g/mol. The van der Waals surface area contributed by atoms with Crippen molar-refractivity contribution in [1.29, 1.82) is 0 Å². The summed E-state index contributed by atoms with van der Waals surface area (Å²) in [5, 5.41) is 0. The second-order valence-electron chi connectivity index (χ2n) is 4.68. The Hall–Kier alpha value is -1.03. The molecule has 92 valence electrons. The topological polar surface area (TPSA) is 23.6 Å². The molecule has 4 heteroatoms. The van der Waals surface area contributed by atoms with E-state index in [0.717, 1.165) is 11.0 Å². The van der Waals surface area contributed by atoms with Crippen LogP contribution in [0.1, 0.15) is 25.5 Å². The minimum Gasteiger partial charge on any atom is -0.320 e. The molecule has 0 aromatic heterocycles. The average Bonchev–Trinajstić information content (AvgIpc) is 2.57. The number of hydrogen-bond acceptors (Lipinski definition) is 1. The lowest BCUT2D eigenvalue weighted by atomic mass is 10.1. The number of likely N-dealkylation sites (N-methyl/N-ethyl adjacent to an activating group) is 1. The Bertz CT molecular complexity index is 433. The van der Waals surface area contributed by atoms with Crippen LogP contribution in [0.2, 0.25) is 0 Å². The van der Waals surface area contributed by atoms with Gasteiger partial charge < -0.3 is 9.80 Å². The van der Waals surface area contributed by atoms with E-state index in [2.05, 4.69) is 22.0 Å². The van der Waals surface area contributed by atoms with E-state index in [-0.39, 0.29) is 18.1 Å². The zero-order chi connectivity index (χ0) is 12.6. The van der Waals surface area contributed by atoms with E-state index < -0.39 is 0 Å². The molecule has 1 aliphatic rings. The fourth-order valence-electron chi connectivity index (χ4n) is 2.21. The number of carbonyl (C=O) groups is 1. The van der Waals surface area contributed by atoms with Crippen LogP contribution in [0.3, 0.4) is 0 Å². The van der Waals surface area contributed by atoms with Crippen LogP contribution in [0, 0.1) is 0 Å². The SMILES string of the molecule is CC(C)N1CC(c2ccccc2Br)N(C)C1=O. The number of amides is 2. The smallest absolute Gasteiger partial charge is 0.320 e. The molecule has 0 radical (unpaired) electrons. The van der Waals surface area contributed by atoms with E-state index in [1.807, 2.05) is 48.9 Å². The minimum atomic E-state index is 0.112. The van der Waals surface area contributed by atoms with Gasteiger partial charge in [-0.3, -0.25) is 0 Å². The zero-order valence-electron chi connectivity index (χ0n) is 10.4. The summed E-state index contributed by atoms with van der Waals surface area (Å²) in [6, 6.07) is 8.59. The van der Waals surface area contributed by atoms with E-state index >= 15 is 0 Å². The van der Waals surface area contributed by atoms with Crippen LogP contribution in [0.25, 0.3) is 0 Å². The molecular weight excluding hydrogens is 280 g/mol. The Morgan fingerprint density at radius 2 is 2.00 bits per heavy atom. The standard InChI is InChI=1S/C13H17BrN2O/c1-9(2)16-8-12(15(3)13(16)17)10-6-4-5-7-11(10)14/h4-7,9,12H,8H2,1-3H3. The summed E-state index contributed by atoms with van der Waals surface area (Å²) in [5.41, 5.74) is 1.17. The summed E-state index contributed by atoms with van der Waals surface area (Å²) in [7, 11) is 1.87. The number of benzene rings is 1. The first-order chi connectivity index (χ1) is 8.02. The highest BCUT2D eigenvalue weighted by Crippen LogP contribution is 2.33. The quantitative estimate of drug-likeness (QED) is 0.822. The third-order valence-corrected chi connectivity index (χ3v) is 3.99. The summed E-state index contributed by atoms with van der Waals surface area (Å²) in [5.74, 6) is 0. The third-order valence-electron chi connectivity index (χ3n) is 3.27. The van der Waals surface area contributed by atoms with Crippen LogP contribution in [0.5, 0.6) is 0 Å². The van der Waals surface area contributed by atoms with Crippen LogP contribution < -0.4 is 0 Å². The zero-order valence-corrected chi connectivity index (χ0v) is 11.9. The van der Waals surface area contributed by atoms with Crippen LogP contribution in [-0.4, -0.2) is 35.5 Å². The Morgan fingerprint density at radius 3 is 2.53 bits per heavy atom. The fourth-order valence-corrected chi connectivity index (χ4v) is 2.76. The van der Waals surface area contributed by atoms with Gasteiger partial charge in [0.1, 0.15) is 0 Å². The number of hydrogen-bond donors (Lipinski definition) is 0. The minimum absolute atomic E-state index is 0.112. The molecule has 1 aromatic rings. The second-order valence-corrected chi connectivity index (χ2v) is 5.53. The lowest BCUT2D eigenvalue weighted by molar-refractivity contribution is 0.187. The molecule has 0 spiro atoms. The number of carbonyl (C=O) groups excluding carboxylic acids is 1. The molecule has 2 rings (SSSR count). The van der Waals surface area contributed by atoms with Gasteiger partial charge in [0.25, 0.3) is 0 Å². The molecule has 1 unspecified atom stereocenters. The molecule has 17 heavy (non-hydrogen) atoms. The number of urea groups is 1. The van der Waals surface area contributed by atoms with Gasteiger partial charge in [-0.1, -0.05) is 34.1 Å². The maximum atomic E-state index is 12.1. The van der Waals surface area contributed by atoms with Crippen LogP contribution >= 0.6 is 15.9 Å². The van der Waals surface area contributed by atoms with Gasteiger partial charge in [-0.05, 0) is 25.5 Å². The molecule has 0 aliphatic carbocycles. The van der Waals surface area contributed by atoms with E-state index in [1.165, 1.54) is 5.56 Å². The number of nitrogens with zero attached hydrogens (tertiary/aromatic N) is 2. The number of rotatable bonds is 2. The Kier molecular flexibility index (Phi) is 3.43. The van der Waals surface area contributed by atoms with Crippen molar-refractivity contribution in [1.82, 2.24) is 9.80 Å². The van der Waals surface area contributed by atoms with Crippen LogP contribution in [0.4, 0.5) is 4.79 Å². The molecule has 1 heterocycles. The lowest BCUT2D eigenvalue weighted by Crippen LogP contribution is -2.34. The van der Waals surface area contributed by atoms with Gasteiger partial charge in [0.05, 0.1) is 6.04 Å². The van der Waals surface area contributed by atoms with E-state index in [4.69, 9.17) is 0 Å². The molecule has 0 saturated carbocycles. The highest BCUT2D eigenvalue weighted by molar-refractivity contribution is 9.10. The summed E-state index contributed by atoms with van der Waals surface area (Å²) in [6.07, 6.45) is 0. The van der Waals surface area contributed by atoms with Gasteiger partial charge in [0.15, 0.2) is 0 Å². The predicted octanol–water partition coefficient (Wildman–Crippen LogP) is 3.27. The van der Waals surface area contributed by atoms with Crippen molar-refractivity contribution in [3.8, 4) is 0 Å². The molecule has 0 bridgehead atoms. The van der Waals surface area contributed by atoms with Crippen LogP contribution in [-0.2, 0) is 0 Å². The van der Waals surface area contributed by atoms with E-state index in [9.17, 15) is 4.79 Å². The average molecular weight is 297 g/mol. The summed E-state index contributed by atoms with van der Waals surface area (Å²) >= 11 is 3.55.